The average Bonchev–Trinajstić information content (AvgIpc) is 2.96. The number of nitrogens with one attached hydrogen (secondary N) is 1. The quantitative estimate of drug-likeness (QED) is 0.252. The van der Waals surface area contributed by atoms with Gasteiger partial charge in [0.1, 0.15) is 18.1 Å². The van der Waals surface area contributed by atoms with E-state index in [1.54, 1.807) is 48.5 Å². The predicted molar refractivity (Wildman–Crippen MR) is 148 cm³/mol. The van der Waals surface area contributed by atoms with Gasteiger partial charge in [-0.05, 0) is 54.1 Å². The molecule has 0 unspecified atom stereocenters. The number of sulfonamides is 1. The summed E-state index contributed by atoms with van der Waals surface area (Å²) in [5.74, 6) is 0.344. The summed E-state index contributed by atoms with van der Waals surface area (Å²) in [7, 11) is -4.57. The Morgan fingerprint density at radius 2 is 1.61 bits per heavy atom. The van der Waals surface area contributed by atoms with Gasteiger partial charge in [0.2, 0.25) is 0 Å². The minimum atomic E-state index is -4.69. The van der Waals surface area contributed by atoms with E-state index in [0.29, 0.717) is 36.0 Å². The average molecular weight is 603 g/mol. The number of fused-ring (bicyclic) bond motifs is 1. The maximum absolute atomic E-state index is 14.0. The third-order valence-corrected chi connectivity index (χ3v) is 8.45. The lowest BCUT2D eigenvalue weighted by Crippen LogP contribution is -2.31. The van der Waals surface area contributed by atoms with E-state index in [2.05, 4.69) is 5.32 Å². The first-order valence-electron chi connectivity index (χ1n) is 12.3. The van der Waals surface area contributed by atoms with Crippen molar-refractivity contribution in [2.24, 2.45) is 0 Å². The SMILES string of the molecule is O=C(Nc1ccc2c(c1)OCCO2)c1ccc(Cl)c(S(=O)(=O)N(Cc2ccccc2)c2cccc(C(F)(F)F)c2)c1. The number of benzene rings is 4. The number of carbonyl (C=O) groups is 1. The standard InChI is InChI=1S/C29H22ClF3N2O5S/c30-24-11-9-20(28(36)34-22-10-12-25-26(17-22)40-14-13-39-25)15-27(24)41(37,38)35(18-19-5-2-1-3-6-19)23-8-4-7-21(16-23)29(31,32)33/h1-12,15-17H,13-14,18H2,(H,34,36). The first kappa shape index (κ1) is 28.3. The van der Waals surface area contributed by atoms with E-state index in [-0.39, 0.29) is 22.8 Å². The number of rotatable bonds is 7. The van der Waals surface area contributed by atoms with Crippen molar-refractivity contribution < 1.29 is 35.9 Å². The Balaban J connectivity index is 1.51. The third-order valence-electron chi connectivity index (χ3n) is 6.19. The summed E-state index contributed by atoms with van der Waals surface area (Å²) < 4.78 is 80.4. The van der Waals surface area contributed by atoms with Crippen LogP contribution < -0.4 is 19.1 Å². The molecule has 1 N–H and O–H groups in total. The summed E-state index contributed by atoms with van der Waals surface area (Å²) in [6.07, 6.45) is -4.69. The van der Waals surface area contributed by atoms with Gasteiger partial charge in [0.25, 0.3) is 15.9 Å². The number of anilines is 2. The Hall–Kier alpha value is -4.22. The van der Waals surface area contributed by atoms with Gasteiger partial charge in [0, 0.05) is 17.3 Å². The summed E-state index contributed by atoms with van der Waals surface area (Å²) in [6, 6.07) is 20.9. The number of carbonyl (C=O) groups excluding carboxylic acids is 1. The first-order valence-corrected chi connectivity index (χ1v) is 14.1. The zero-order chi connectivity index (χ0) is 29.2. The highest BCUT2D eigenvalue weighted by Gasteiger charge is 2.33. The summed E-state index contributed by atoms with van der Waals surface area (Å²) in [6.45, 7) is 0.477. The molecule has 1 aliphatic rings. The van der Waals surface area contributed by atoms with Gasteiger partial charge in [-0.3, -0.25) is 9.10 Å². The van der Waals surface area contributed by atoms with Crippen molar-refractivity contribution in [2.45, 2.75) is 17.6 Å². The Kier molecular flexibility index (Phi) is 7.83. The molecule has 4 aromatic rings. The van der Waals surface area contributed by atoms with E-state index >= 15 is 0 Å². The molecule has 5 rings (SSSR count). The fourth-order valence-electron chi connectivity index (χ4n) is 4.19. The Morgan fingerprint density at radius 1 is 0.878 bits per heavy atom. The molecule has 0 atom stereocenters. The van der Waals surface area contributed by atoms with Crippen LogP contribution >= 0.6 is 11.6 Å². The van der Waals surface area contributed by atoms with Crippen LogP contribution in [0.4, 0.5) is 24.5 Å². The molecule has 0 bridgehead atoms. The highest BCUT2D eigenvalue weighted by atomic mass is 35.5. The topological polar surface area (TPSA) is 84.9 Å². The molecular formula is C29H22ClF3N2O5S. The fraction of sp³-hybridized carbons (Fsp3) is 0.138. The molecule has 41 heavy (non-hydrogen) atoms. The molecule has 1 amide bonds. The van der Waals surface area contributed by atoms with Crippen LogP contribution in [-0.4, -0.2) is 27.5 Å². The lowest BCUT2D eigenvalue weighted by molar-refractivity contribution is -0.137. The zero-order valence-corrected chi connectivity index (χ0v) is 22.8. The number of hydrogen-bond donors (Lipinski definition) is 1. The maximum Gasteiger partial charge on any atom is 0.416 e. The smallest absolute Gasteiger partial charge is 0.416 e. The number of nitrogens with zero attached hydrogens (tertiary/aromatic N) is 1. The van der Waals surface area contributed by atoms with Gasteiger partial charge in [0.05, 0.1) is 22.8 Å². The zero-order valence-electron chi connectivity index (χ0n) is 21.2. The molecule has 0 aromatic heterocycles. The fourth-order valence-corrected chi connectivity index (χ4v) is 6.13. The van der Waals surface area contributed by atoms with Crippen molar-refractivity contribution in [1.82, 2.24) is 0 Å². The van der Waals surface area contributed by atoms with Crippen LogP contribution in [0, 0.1) is 0 Å². The second kappa shape index (κ2) is 11.3. The third kappa shape index (κ3) is 6.26. The molecule has 212 valence electrons. The van der Waals surface area contributed by atoms with Crippen molar-refractivity contribution in [1.29, 1.82) is 0 Å². The van der Waals surface area contributed by atoms with Gasteiger partial charge in [-0.1, -0.05) is 48.0 Å². The molecule has 1 aliphatic heterocycles. The van der Waals surface area contributed by atoms with Crippen LogP contribution in [0.1, 0.15) is 21.5 Å². The Bertz CT molecular complexity index is 1700. The molecule has 0 radical (unpaired) electrons. The molecule has 0 saturated carbocycles. The van der Waals surface area contributed by atoms with Crippen molar-refractivity contribution in [3.8, 4) is 11.5 Å². The molecule has 0 fully saturated rings. The Morgan fingerprint density at radius 3 is 2.34 bits per heavy atom. The largest absolute Gasteiger partial charge is 0.486 e. The van der Waals surface area contributed by atoms with Gasteiger partial charge < -0.3 is 14.8 Å². The van der Waals surface area contributed by atoms with Gasteiger partial charge >= 0.3 is 6.18 Å². The Labute approximate surface area is 239 Å². The second-order valence-corrected chi connectivity index (χ2v) is 11.2. The molecule has 7 nitrogen and oxygen atoms in total. The predicted octanol–water partition coefficient (Wildman–Crippen LogP) is 6.78. The van der Waals surface area contributed by atoms with Crippen LogP contribution in [0.15, 0.2) is 95.9 Å². The van der Waals surface area contributed by atoms with E-state index in [4.69, 9.17) is 21.1 Å². The highest BCUT2D eigenvalue weighted by Crippen LogP contribution is 2.36. The van der Waals surface area contributed by atoms with E-state index in [0.717, 1.165) is 28.6 Å². The maximum atomic E-state index is 14.0. The minimum Gasteiger partial charge on any atom is -0.486 e. The van der Waals surface area contributed by atoms with Gasteiger partial charge in [-0.25, -0.2) is 8.42 Å². The van der Waals surface area contributed by atoms with Crippen LogP contribution in [0.25, 0.3) is 0 Å². The second-order valence-electron chi connectivity index (χ2n) is 9.00. The van der Waals surface area contributed by atoms with Gasteiger partial charge in [-0.2, -0.15) is 13.2 Å². The van der Waals surface area contributed by atoms with Gasteiger partial charge in [0.15, 0.2) is 11.5 Å². The lowest BCUT2D eigenvalue weighted by atomic mass is 10.2. The molecule has 0 aliphatic carbocycles. The number of ether oxygens (including phenoxy) is 2. The summed E-state index contributed by atoms with van der Waals surface area (Å²) >= 11 is 6.32. The minimum absolute atomic E-state index is 0.0356. The van der Waals surface area contributed by atoms with Crippen molar-refractivity contribution in [2.75, 3.05) is 22.8 Å². The number of amides is 1. The van der Waals surface area contributed by atoms with E-state index in [9.17, 15) is 26.4 Å². The highest BCUT2D eigenvalue weighted by molar-refractivity contribution is 7.93. The summed E-state index contributed by atoms with van der Waals surface area (Å²) in [4.78, 5) is 12.7. The summed E-state index contributed by atoms with van der Waals surface area (Å²) in [5, 5.41) is 2.48. The number of hydrogen-bond acceptors (Lipinski definition) is 5. The first-order chi connectivity index (χ1) is 19.5. The van der Waals surface area contributed by atoms with E-state index < -0.39 is 32.6 Å². The number of alkyl halides is 3. The van der Waals surface area contributed by atoms with Crippen LogP contribution in [0.2, 0.25) is 5.02 Å². The monoisotopic (exact) mass is 602 g/mol. The summed E-state index contributed by atoms with van der Waals surface area (Å²) in [5.41, 5.74) is -0.357. The molecule has 4 aromatic carbocycles. The van der Waals surface area contributed by atoms with Gasteiger partial charge in [-0.15, -0.1) is 0 Å². The van der Waals surface area contributed by atoms with Crippen LogP contribution in [-0.2, 0) is 22.7 Å². The number of halogens is 4. The van der Waals surface area contributed by atoms with Crippen LogP contribution in [0.5, 0.6) is 11.5 Å². The van der Waals surface area contributed by atoms with Crippen molar-refractivity contribution >= 4 is 38.9 Å². The molecule has 12 heteroatoms. The molecular weight excluding hydrogens is 581 g/mol. The van der Waals surface area contributed by atoms with Crippen molar-refractivity contribution in [3.63, 3.8) is 0 Å². The van der Waals surface area contributed by atoms with E-state index in [1.807, 2.05) is 0 Å². The molecule has 0 saturated heterocycles. The van der Waals surface area contributed by atoms with Crippen molar-refractivity contribution in [3.05, 3.63) is 113 Å². The van der Waals surface area contributed by atoms with E-state index in [1.165, 1.54) is 18.2 Å². The van der Waals surface area contributed by atoms with Crippen LogP contribution in [0.3, 0.4) is 0 Å². The molecule has 0 spiro atoms. The molecule has 1 heterocycles. The normalized spacial score (nSPS) is 13.0. The lowest BCUT2D eigenvalue weighted by Gasteiger charge is -2.26.